The van der Waals surface area contributed by atoms with Gasteiger partial charge in [0, 0.05) is 23.5 Å². The molecule has 0 fully saturated rings. The third-order valence-corrected chi connectivity index (χ3v) is 7.29. The summed E-state index contributed by atoms with van der Waals surface area (Å²) in [5, 5.41) is 5.24. The molecular formula is C27H39N3O2S. The second-order valence-electron chi connectivity index (χ2n) is 9.31. The van der Waals surface area contributed by atoms with Gasteiger partial charge in [0.15, 0.2) is 0 Å². The predicted molar refractivity (Wildman–Crippen MR) is 137 cm³/mol. The Morgan fingerprint density at radius 2 is 1.88 bits per heavy atom. The minimum Gasteiger partial charge on any atom is -0.355 e. The summed E-state index contributed by atoms with van der Waals surface area (Å²) in [6.07, 6.45) is 3.33. The van der Waals surface area contributed by atoms with Gasteiger partial charge in [-0.05, 0) is 61.5 Å². The molecule has 0 saturated carbocycles. The van der Waals surface area contributed by atoms with Crippen LogP contribution < -0.4 is 5.32 Å². The maximum absolute atomic E-state index is 13.6. The molecule has 6 heteroatoms. The Balaban J connectivity index is 1.81. The second kappa shape index (κ2) is 12.3. The van der Waals surface area contributed by atoms with E-state index in [0.717, 1.165) is 36.5 Å². The van der Waals surface area contributed by atoms with Crippen LogP contribution in [-0.4, -0.2) is 54.3 Å². The molecule has 0 bridgehead atoms. The number of carbonyl (C=O) groups excluding carboxylic acids is 2. The van der Waals surface area contributed by atoms with Gasteiger partial charge in [0.05, 0.1) is 12.0 Å². The number of amides is 2. The Hall–Kier alpha value is -2.18. The zero-order valence-corrected chi connectivity index (χ0v) is 21.4. The number of rotatable bonds is 12. The van der Waals surface area contributed by atoms with Crippen LogP contribution in [0, 0.1) is 5.92 Å². The van der Waals surface area contributed by atoms with Gasteiger partial charge in [-0.3, -0.25) is 9.59 Å². The summed E-state index contributed by atoms with van der Waals surface area (Å²) in [5.74, 6) is -0.0535. The first-order valence-electron chi connectivity index (χ1n) is 12.4. The number of unbranched alkanes of at least 4 members (excludes halogenated alkanes) is 1. The van der Waals surface area contributed by atoms with Crippen LogP contribution in [0.4, 0.5) is 0 Å². The van der Waals surface area contributed by atoms with E-state index in [1.54, 1.807) is 11.3 Å². The number of benzene rings is 1. The van der Waals surface area contributed by atoms with Crippen molar-refractivity contribution in [2.75, 3.05) is 32.7 Å². The van der Waals surface area contributed by atoms with Crippen molar-refractivity contribution in [1.29, 1.82) is 0 Å². The molecular weight excluding hydrogens is 430 g/mol. The monoisotopic (exact) mass is 469 g/mol. The number of hydrogen-bond acceptors (Lipinski definition) is 4. The highest BCUT2D eigenvalue weighted by molar-refractivity contribution is 7.10. The molecule has 0 unspecified atom stereocenters. The lowest BCUT2D eigenvalue weighted by molar-refractivity contribution is -0.124. The fourth-order valence-corrected chi connectivity index (χ4v) is 5.55. The number of nitrogens with zero attached hydrogens (tertiary/aromatic N) is 2. The van der Waals surface area contributed by atoms with E-state index in [4.69, 9.17) is 0 Å². The van der Waals surface area contributed by atoms with Gasteiger partial charge < -0.3 is 15.1 Å². The van der Waals surface area contributed by atoms with Gasteiger partial charge in [-0.2, -0.15) is 0 Å². The predicted octanol–water partition coefficient (Wildman–Crippen LogP) is 5.31. The summed E-state index contributed by atoms with van der Waals surface area (Å²) in [7, 11) is 0. The number of nitrogens with one attached hydrogen (secondary N) is 1. The molecule has 0 radical (unpaired) electrons. The molecule has 1 aliphatic rings. The highest BCUT2D eigenvalue weighted by atomic mass is 32.1. The van der Waals surface area contributed by atoms with E-state index in [9.17, 15) is 9.59 Å². The molecule has 1 N–H and O–H groups in total. The van der Waals surface area contributed by atoms with Gasteiger partial charge in [0.2, 0.25) is 5.91 Å². The first kappa shape index (κ1) is 25.4. The van der Waals surface area contributed by atoms with Gasteiger partial charge in [0.1, 0.15) is 0 Å². The Bertz CT molecular complexity index is 897. The van der Waals surface area contributed by atoms with E-state index in [1.165, 1.54) is 12.8 Å². The van der Waals surface area contributed by atoms with Crippen LogP contribution in [0.1, 0.15) is 79.7 Å². The average molecular weight is 470 g/mol. The molecule has 2 amide bonds. The Morgan fingerprint density at radius 3 is 2.55 bits per heavy atom. The lowest BCUT2D eigenvalue weighted by Gasteiger charge is -2.42. The smallest absolute Gasteiger partial charge is 0.254 e. The van der Waals surface area contributed by atoms with E-state index in [1.807, 2.05) is 40.6 Å². The van der Waals surface area contributed by atoms with Crippen molar-refractivity contribution >= 4 is 23.2 Å². The van der Waals surface area contributed by atoms with Crippen molar-refractivity contribution in [1.82, 2.24) is 15.1 Å². The third kappa shape index (κ3) is 6.24. The van der Waals surface area contributed by atoms with E-state index in [-0.39, 0.29) is 17.9 Å². The minimum absolute atomic E-state index is 0.0127. The Labute approximate surface area is 203 Å². The normalized spacial score (nSPS) is 18.1. The molecule has 5 nitrogen and oxygen atoms in total. The molecule has 2 heterocycles. The lowest BCUT2D eigenvalue weighted by Crippen LogP contribution is -2.48. The van der Waals surface area contributed by atoms with Crippen LogP contribution in [0.5, 0.6) is 0 Å². The summed E-state index contributed by atoms with van der Waals surface area (Å²) in [6, 6.07) is 11.4. The quantitative estimate of drug-likeness (QED) is 0.429. The Kier molecular flexibility index (Phi) is 9.51. The maximum Gasteiger partial charge on any atom is 0.254 e. The van der Waals surface area contributed by atoms with Crippen LogP contribution in [0.25, 0.3) is 0 Å². The fraction of sp³-hybridized carbons (Fsp3) is 0.556. The van der Waals surface area contributed by atoms with Crippen molar-refractivity contribution in [3.63, 3.8) is 0 Å². The van der Waals surface area contributed by atoms with E-state index in [2.05, 4.69) is 44.0 Å². The zero-order chi connectivity index (χ0) is 23.8. The van der Waals surface area contributed by atoms with Gasteiger partial charge in [-0.1, -0.05) is 58.4 Å². The number of carbonyl (C=O) groups is 2. The van der Waals surface area contributed by atoms with Gasteiger partial charge in [-0.25, -0.2) is 0 Å². The molecule has 33 heavy (non-hydrogen) atoms. The first-order valence-corrected chi connectivity index (χ1v) is 13.3. The SMILES string of the molecule is CCCCN(CC)CCCNC(=O)[C@H]1c2ccccc2C(=O)N(CC(C)C)[C@H]1c1cccs1. The van der Waals surface area contributed by atoms with E-state index < -0.39 is 5.92 Å². The van der Waals surface area contributed by atoms with Crippen molar-refractivity contribution in [3.8, 4) is 0 Å². The van der Waals surface area contributed by atoms with Gasteiger partial charge in [0.25, 0.3) is 5.91 Å². The van der Waals surface area contributed by atoms with Crippen LogP contribution in [-0.2, 0) is 4.79 Å². The van der Waals surface area contributed by atoms with Crippen molar-refractivity contribution in [2.45, 2.75) is 58.9 Å². The van der Waals surface area contributed by atoms with Gasteiger partial charge in [-0.15, -0.1) is 11.3 Å². The third-order valence-electron chi connectivity index (χ3n) is 6.34. The fourth-order valence-electron chi connectivity index (χ4n) is 4.68. The molecule has 1 aromatic carbocycles. The molecule has 180 valence electrons. The van der Waals surface area contributed by atoms with Crippen LogP contribution in [0.15, 0.2) is 41.8 Å². The first-order chi connectivity index (χ1) is 16.0. The highest BCUT2D eigenvalue weighted by Gasteiger charge is 2.44. The van der Waals surface area contributed by atoms with Crippen LogP contribution >= 0.6 is 11.3 Å². The standard InChI is InChI=1S/C27H39N3O2S/c1-5-7-16-29(6-2)17-11-15-28-26(31)24-21-12-8-9-13-22(21)27(32)30(19-20(3)4)25(24)23-14-10-18-33-23/h8-10,12-14,18,20,24-25H,5-7,11,15-17,19H2,1-4H3,(H,28,31)/t24-,25-/m0/s1. The molecule has 0 aliphatic carbocycles. The zero-order valence-electron chi connectivity index (χ0n) is 20.5. The van der Waals surface area contributed by atoms with Crippen LogP contribution in [0.3, 0.4) is 0 Å². The molecule has 2 atom stereocenters. The van der Waals surface area contributed by atoms with Crippen molar-refractivity contribution in [2.24, 2.45) is 5.92 Å². The molecule has 0 spiro atoms. The molecule has 2 aromatic rings. The molecule has 1 aliphatic heterocycles. The molecule has 1 aromatic heterocycles. The summed E-state index contributed by atoms with van der Waals surface area (Å²) in [5.41, 5.74) is 1.50. The summed E-state index contributed by atoms with van der Waals surface area (Å²) in [6.45, 7) is 13.1. The average Bonchev–Trinajstić information content (AvgIpc) is 3.34. The number of fused-ring (bicyclic) bond motifs is 1. The maximum atomic E-state index is 13.6. The molecule has 3 rings (SSSR count). The van der Waals surface area contributed by atoms with Crippen molar-refractivity contribution < 1.29 is 9.59 Å². The topological polar surface area (TPSA) is 52.7 Å². The summed E-state index contributed by atoms with van der Waals surface area (Å²) < 4.78 is 0. The van der Waals surface area contributed by atoms with E-state index in [0.29, 0.717) is 24.6 Å². The minimum atomic E-state index is -0.404. The van der Waals surface area contributed by atoms with Crippen molar-refractivity contribution in [3.05, 3.63) is 57.8 Å². The Morgan fingerprint density at radius 1 is 1.12 bits per heavy atom. The largest absolute Gasteiger partial charge is 0.355 e. The number of thiophene rings is 1. The highest BCUT2D eigenvalue weighted by Crippen LogP contribution is 2.44. The summed E-state index contributed by atoms with van der Waals surface area (Å²) >= 11 is 1.62. The number of hydrogen-bond donors (Lipinski definition) is 1. The summed E-state index contributed by atoms with van der Waals surface area (Å²) in [4.78, 5) is 32.5. The lowest BCUT2D eigenvalue weighted by atomic mass is 9.81. The van der Waals surface area contributed by atoms with Crippen LogP contribution in [0.2, 0.25) is 0 Å². The van der Waals surface area contributed by atoms with Gasteiger partial charge >= 0.3 is 0 Å². The molecule has 0 saturated heterocycles. The van der Waals surface area contributed by atoms with E-state index >= 15 is 0 Å². The second-order valence-corrected chi connectivity index (χ2v) is 10.3.